The lowest BCUT2D eigenvalue weighted by Gasteiger charge is -2.13. The van der Waals surface area contributed by atoms with Crippen molar-refractivity contribution in [2.24, 2.45) is 0 Å². The Morgan fingerprint density at radius 3 is 2.81 bits per heavy atom. The zero-order valence-corrected chi connectivity index (χ0v) is 9.48. The van der Waals surface area contributed by atoms with Crippen molar-refractivity contribution in [3.05, 3.63) is 54.1 Å². The number of hydrogen-bond donors (Lipinski definition) is 2. The van der Waals surface area contributed by atoms with E-state index in [0.29, 0.717) is 6.04 Å². The van der Waals surface area contributed by atoms with E-state index in [4.69, 9.17) is 0 Å². The average molecular weight is 215 g/mol. The molecule has 2 aromatic rings. The number of benzene rings is 1. The van der Waals surface area contributed by atoms with Crippen LogP contribution < -0.4 is 5.32 Å². The summed E-state index contributed by atoms with van der Waals surface area (Å²) in [6.07, 6.45) is 4.58. The fraction of sp³-hybridized carbons (Fsp3) is 0.308. The van der Waals surface area contributed by atoms with Gasteiger partial charge in [-0.15, -0.1) is 0 Å². The molecule has 3 heteroatoms. The first-order valence-electron chi connectivity index (χ1n) is 5.63. The van der Waals surface area contributed by atoms with E-state index in [-0.39, 0.29) is 0 Å². The van der Waals surface area contributed by atoms with E-state index in [1.165, 1.54) is 5.56 Å². The highest BCUT2D eigenvalue weighted by atomic mass is 14.9. The van der Waals surface area contributed by atoms with Crippen LogP contribution in [0, 0.1) is 0 Å². The molecule has 16 heavy (non-hydrogen) atoms. The maximum atomic E-state index is 4.19. The van der Waals surface area contributed by atoms with Gasteiger partial charge in [0.2, 0.25) is 0 Å². The Bertz CT molecular complexity index is 394. The zero-order valence-electron chi connectivity index (χ0n) is 9.48. The van der Waals surface area contributed by atoms with Gasteiger partial charge in [0.15, 0.2) is 0 Å². The molecule has 0 bridgehead atoms. The number of H-pyrrole nitrogens is 1. The monoisotopic (exact) mass is 215 g/mol. The smallest absolute Gasteiger partial charge is 0.107 e. The van der Waals surface area contributed by atoms with Gasteiger partial charge in [-0.3, -0.25) is 0 Å². The Kier molecular flexibility index (Phi) is 3.72. The predicted molar refractivity (Wildman–Crippen MR) is 65.2 cm³/mol. The lowest BCUT2D eigenvalue weighted by molar-refractivity contribution is 0.571. The summed E-state index contributed by atoms with van der Waals surface area (Å²) in [5.74, 6) is 1.03. The predicted octanol–water partition coefficient (Wildman–Crippen LogP) is 2.30. The number of nitrogens with one attached hydrogen (secondary N) is 2. The molecule has 1 aromatic heterocycles. The van der Waals surface area contributed by atoms with E-state index >= 15 is 0 Å². The molecule has 0 amide bonds. The van der Waals surface area contributed by atoms with Gasteiger partial charge in [0.1, 0.15) is 5.82 Å². The highest BCUT2D eigenvalue weighted by Gasteiger charge is 2.03. The average Bonchev–Trinajstić information content (AvgIpc) is 2.83. The summed E-state index contributed by atoms with van der Waals surface area (Å²) in [7, 11) is 0. The largest absolute Gasteiger partial charge is 0.349 e. The molecular weight excluding hydrogens is 198 g/mol. The van der Waals surface area contributed by atoms with E-state index in [0.717, 1.165) is 18.8 Å². The standard InChI is InChI=1S/C13H17N3/c1-11(12-5-3-2-4-6-12)14-8-7-13-15-9-10-16-13/h2-6,9-11,14H,7-8H2,1H3,(H,15,16)/t11-/m0/s1. The fourth-order valence-electron chi connectivity index (χ4n) is 1.70. The Labute approximate surface area is 95.9 Å². The molecule has 0 spiro atoms. The number of aromatic amines is 1. The quantitative estimate of drug-likeness (QED) is 0.803. The van der Waals surface area contributed by atoms with Crippen LogP contribution in [0.1, 0.15) is 24.4 Å². The minimum Gasteiger partial charge on any atom is -0.349 e. The molecule has 0 saturated heterocycles. The van der Waals surface area contributed by atoms with E-state index in [1.807, 2.05) is 12.3 Å². The fourth-order valence-corrected chi connectivity index (χ4v) is 1.70. The van der Waals surface area contributed by atoms with Crippen molar-refractivity contribution in [3.63, 3.8) is 0 Å². The van der Waals surface area contributed by atoms with Crippen LogP contribution in [0.25, 0.3) is 0 Å². The third-order valence-corrected chi connectivity index (χ3v) is 2.67. The number of rotatable bonds is 5. The van der Waals surface area contributed by atoms with Crippen molar-refractivity contribution < 1.29 is 0 Å². The third kappa shape index (κ3) is 2.94. The van der Waals surface area contributed by atoms with Crippen molar-refractivity contribution >= 4 is 0 Å². The SMILES string of the molecule is C[C@H](NCCc1ncc[nH]1)c1ccccc1. The summed E-state index contributed by atoms with van der Waals surface area (Å²) in [4.78, 5) is 7.29. The van der Waals surface area contributed by atoms with E-state index < -0.39 is 0 Å². The van der Waals surface area contributed by atoms with Gasteiger partial charge in [-0.1, -0.05) is 30.3 Å². The second kappa shape index (κ2) is 5.47. The first-order valence-corrected chi connectivity index (χ1v) is 5.63. The zero-order chi connectivity index (χ0) is 11.2. The number of nitrogens with zero attached hydrogens (tertiary/aromatic N) is 1. The molecule has 0 fully saturated rings. The van der Waals surface area contributed by atoms with Crippen LogP contribution in [0.3, 0.4) is 0 Å². The molecule has 1 heterocycles. The van der Waals surface area contributed by atoms with Gasteiger partial charge in [0, 0.05) is 31.4 Å². The Hall–Kier alpha value is -1.61. The lowest BCUT2D eigenvalue weighted by atomic mass is 10.1. The summed E-state index contributed by atoms with van der Waals surface area (Å²) >= 11 is 0. The molecule has 0 saturated carbocycles. The van der Waals surface area contributed by atoms with Crippen molar-refractivity contribution in [3.8, 4) is 0 Å². The summed E-state index contributed by atoms with van der Waals surface area (Å²) in [5, 5.41) is 3.48. The van der Waals surface area contributed by atoms with Crippen LogP contribution in [-0.2, 0) is 6.42 Å². The molecule has 0 aliphatic carbocycles. The van der Waals surface area contributed by atoms with Gasteiger partial charge in [-0.05, 0) is 12.5 Å². The topological polar surface area (TPSA) is 40.7 Å². The van der Waals surface area contributed by atoms with Gasteiger partial charge >= 0.3 is 0 Å². The van der Waals surface area contributed by atoms with E-state index in [1.54, 1.807) is 6.20 Å². The van der Waals surface area contributed by atoms with Crippen LogP contribution in [0.5, 0.6) is 0 Å². The third-order valence-electron chi connectivity index (χ3n) is 2.67. The van der Waals surface area contributed by atoms with Crippen molar-refractivity contribution in [1.82, 2.24) is 15.3 Å². The Balaban J connectivity index is 1.78. The highest BCUT2D eigenvalue weighted by Crippen LogP contribution is 2.10. The van der Waals surface area contributed by atoms with Crippen molar-refractivity contribution in [2.45, 2.75) is 19.4 Å². The van der Waals surface area contributed by atoms with Crippen LogP contribution in [0.4, 0.5) is 0 Å². The maximum Gasteiger partial charge on any atom is 0.107 e. The summed E-state index contributed by atoms with van der Waals surface area (Å²) in [5.41, 5.74) is 1.32. The van der Waals surface area contributed by atoms with Crippen LogP contribution in [0.15, 0.2) is 42.7 Å². The van der Waals surface area contributed by atoms with Gasteiger partial charge < -0.3 is 10.3 Å². The Morgan fingerprint density at radius 2 is 2.12 bits per heavy atom. The molecule has 3 nitrogen and oxygen atoms in total. The number of aromatic nitrogens is 2. The minimum absolute atomic E-state index is 0.385. The van der Waals surface area contributed by atoms with Gasteiger partial charge in [-0.25, -0.2) is 4.98 Å². The second-order valence-corrected chi connectivity index (χ2v) is 3.87. The molecule has 0 radical (unpaired) electrons. The van der Waals surface area contributed by atoms with Gasteiger partial charge in [0.25, 0.3) is 0 Å². The van der Waals surface area contributed by atoms with Crippen molar-refractivity contribution in [2.75, 3.05) is 6.54 Å². The molecule has 2 rings (SSSR count). The molecule has 84 valence electrons. The van der Waals surface area contributed by atoms with Crippen LogP contribution in [-0.4, -0.2) is 16.5 Å². The van der Waals surface area contributed by atoms with Gasteiger partial charge in [-0.2, -0.15) is 0 Å². The van der Waals surface area contributed by atoms with E-state index in [2.05, 4.69) is 46.5 Å². The lowest BCUT2D eigenvalue weighted by Crippen LogP contribution is -2.21. The molecule has 0 aliphatic rings. The number of hydrogen-bond acceptors (Lipinski definition) is 2. The molecule has 2 N–H and O–H groups in total. The summed E-state index contributed by atoms with van der Waals surface area (Å²) in [6, 6.07) is 10.9. The minimum atomic E-state index is 0.385. The molecule has 1 atom stereocenters. The second-order valence-electron chi connectivity index (χ2n) is 3.87. The summed E-state index contributed by atoms with van der Waals surface area (Å²) < 4.78 is 0. The first kappa shape index (κ1) is 10.9. The normalized spacial score (nSPS) is 12.6. The maximum absolute atomic E-state index is 4.19. The molecular formula is C13H17N3. The van der Waals surface area contributed by atoms with Gasteiger partial charge in [0.05, 0.1) is 0 Å². The Morgan fingerprint density at radius 1 is 1.31 bits per heavy atom. The van der Waals surface area contributed by atoms with Crippen LogP contribution in [0.2, 0.25) is 0 Å². The highest BCUT2D eigenvalue weighted by molar-refractivity contribution is 5.17. The molecule has 0 unspecified atom stereocenters. The molecule has 0 aliphatic heterocycles. The van der Waals surface area contributed by atoms with Crippen molar-refractivity contribution in [1.29, 1.82) is 0 Å². The van der Waals surface area contributed by atoms with E-state index in [9.17, 15) is 0 Å². The summed E-state index contributed by atoms with van der Waals surface area (Å²) in [6.45, 7) is 3.11. The van der Waals surface area contributed by atoms with Crippen LogP contribution >= 0.6 is 0 Å². The molecule has 1 aromatic carbocycles. The first-order chi connectivity index (χ1) is 7.86. The number of imidazole rings is 1.